The van der Waals surface area contributed by atoms with Crippen molar-refractivity contribution in [3.8, 4) is 0 Å². The topological polar surface area (TPSA) is 59.8 Å². The second-order valence-electron chi connectivity index (χ2n) is 5.41. The van der Waals surface area contributed by atoms with Crippen LogP contribution >= 0.6 is 11.3 Å². The van der Waals surface area contributed by atoms with Gasteiger partial charge in [0.1, 0.15) is 0 Å². The third-order valence-corrected chi connectivity index (χ3v) is 4.93. The van der Waals surface area contributed by atoms with Crippen molar-refractivity contribution in [2.24, 2.45) is 0 Å². The zero-order valence-corrected chi connectivity index (χ0v) is 13.1. The van der Waals surface area contributed by atoms with Crippen molar-refractivity contribution in [2.75, 3.05) is 6.54 Å². The van der Waals surface area contributed by atoms with E-state index in [-0.39, 0.29) is 5.91 Å². The lowest BCUT2D eigenvalue weighted by atomic mass is 10.1. The summed E-state index contributed by atoms with van der Waals surface area (Å²) < 4.78 is 1.97. The first-order valence-corrected chi connectivity index (χ1v) is 8.35. The van der Waals surface area contributed by atoms with Gasteiger partial charge in [-0.25, -0.2) is 4.98 Å². The molecule has 0 bridgehead atoms. The monoisotopic (exact) mass is 304 g/mol. The van der Waals surface area contributed by atoms with Gasteiger partial charge >= 0.3 is 0 Å². The molecule has 3 rings (SSSR count). The normalized spacial score (nSPS) is 14.0. The highest BCUT2D eigenvalue weighted by atomic mass is 32.1. The number of fused-ring (bicyclic) bond motifs is 1. The molecular formula is C15H20N4OS. The lowest BCUT2D eigenvalue weighted by Gasteiger charge is -2.14. The number of rotatable bonds is 5. The molecule has 1 N–H and O–H groups in total. The summed E-state index contributed by atoms with van der Waals surface area (Å²) in [6, 6.07) is 0. The van der Waals surface area contributed by atoms with Crippen molar-refractivity contribution in [3.05, 3.63) is 33.5 Å². The molecule has 6 heteroatoms. The summed E-state index contributed by atoms with van der Waals surface area (Å²) in [6.07, 6.45) is 6.90. The largest absolute Gasteiger partial charge is 0.352 e. The Bertz CT molecular complexity index is 631. The molecule has 0 aliphatic carbocycles. The van der Waals surface area contributed by atoms with Gasteiger partial charge in [0.2, 0.25) is 0 Å². The Morgan fingerprint density at radius 2 is 2.38 bits per heavy atom. The average Bonchev–Trinajstić information content (AvgIpc) is 3.10. The minimum Gasteiger partial charge on any atom is -0.352 e. The summed E-state index contributed by atoms with van der Waals surface area (Å²) in [7, 11) is 0. The Morgan fingerprint density at radius 1 is 1.48 bits per heavy atom. The van der Waals surface area contributed by atoms with E-state index in [1.807, 2.05) is 17.1 Å². The first kappa shape index (κ1) is 14.3. The second-order valence-corrected chi connectivity index (χ2v) is 6.34. The van der Waals surface area contributed by atoms with Crippen molar-refractivity contribution in [2.45, 2.75) is 45.6 Å². The van der Waals surface area contributed by atoms with Crippen molar-refractivity contribution < 1.29 is 4.79 Å². The number of hydrogen-bond donors (Lipinski definition) is 1. The molecule has 0 spiro atoms. The van der Waals surface area contributed by atoms with Crippen LogP contribution in [-0.2, 0) is 19.4 Å². The van der Waals surface area contributed by atoms with Crippen molar-refractivity contribution in [3.63, 3.8) is 0 Å². The molecule has 2 aromatic heterocycles. The highest BCUT2D eigenvalue weighted by molar-refractivity contribution is 7.09. The fourth-order valence-corrected chi connectivity index (χ4v) is 3.55. The maximum absolute atomic E-state index is 12.2. The molecule has 21 heavy (non-hydrogen) atoms. The van der Waals surface area contributed by atoms with E-state index >= 15 is 0 Å². The molecule has 0 radical (unpaired) electrons. The number of nitrogens with one attached hydrogen (secondary N) is 1. The summed E-state index contributed by atoms with van der Waals surface area (Å²) in [4.78, 5) is 17.8. The Labute approximate surface area is 128 Å². The van der Waals surface area contributed by atoms with Crippen LogP contribution in [0.25, 0.3) is 0 Å². The SMILES string of the molecule is Cc1ncsc1CCCNC(=O)c1cnn2c1CCCC2. The first-order valence-electron chi connectivity index (χ1n) is 7.47. The number of thiazole rings is 1. The van der Waals surface area contributed by atoms with Crippen LogP contribution in [0.15, 0.2) is 11.7 Å². The smallest absolute Gasteiger partial charge is 0.254 e. The molecular weight excluding hydrogens is 284 g/mol. The third kappa shape index (κ3) is 3.15. The Morgan fingerprint density at radius 3 is 3.19 bits per heavy atom. The van der Waals surface area contributed by atoms with Gasteiger partial charge in [-0.3, -0.25) is 9.48 Å². The fraction of sp³-hybridized carbons (Fsp3) is 0.533. The number of hydrogen-bond acceptors (Lipinski definition) is 4. The first-order chi connectivity index (χ1) is 10.3. The molecule has 0 saturated heterocycles. The van der Waals surface area contributed by atoms with E-state index in [0.29, 0.717) is 6.54 Å². The summed E-state index contributed by atoms with van der Waals surface area (Å²) in [5.41, 5.74) is 4.83. The third-order valence-electron chi connectivity index (χ3n) is 3.94. The number of carbonyl (C=O) groups excluding carboxylic acids is 1. The Kier molecular flexibility index (Phi) is 4.34. The number of nitrogens with zero attached hydrogens (tertiary/aromatic N) is 3. The van der Waals surface area contributed by atoms with E-state index in [1.54, 1.807) is 17.5 Å². The molecule has 0 unspecified atom stereocenters. The molecule has 0 fully saturated rings. The van der Waals surface area contributed by atoms with Crippen LogP contribution in [0.2, 0.25) is 0 Å². The standard InChI is InChI=1S/C15H20N4OS/c1-11-14(21-10-17-11)6-4-7-16-15(20)12-9-18-19-8-3-2-5-13(12)19/h9-10H,2-8H2,1H3,(H,16,20). The van der Waals surface area contributed by atoms with Gasteiger partial charge in [0.15, 0.2) is 0 Å². The van der Waals surface area contributed by atoms with Gasteiger partial charge in [0.05, 0.1) is 28.7 Å². The van der Waals surface area contributed by atoms with Crippen LogP contribution in [0.3, 0.4) is 0 Å². The van der Waals surface area contributed by atoms with Crippen molar-refractivity contribution in [1.82, 2.24) is 20.1 Å². The van der Waals surface area contributed by atoms with E-state index in [4.69, 9.17) is 0 Å². The molecule has 3 heterocycles. The maximum atomic E-state index is 12.2. The van der Waals surface area contributed by atoms with Crippen LogP contribution in [0.1, 0.15) is 45.9 Å². The molecule has 1 aliphatic heterocycles. The van der Waals surface area contributed by atoms with E-state index in [1.165, 1.54) is 4.88 Å². The molecule has 0 saturated carbocycles. The molecule has 112 valence electrons. The fourth-order valence-electron chi connectivity index (χ4n) is 2.72. The highest BCUT2D eigenvalue weighted by Gasteiger charge is 2.19. The number of aromatic nitrogens is 3. The van der Waals surface area contributed by atoms with Gasteiger partial charge < -0.3 is 5.32 Å². The number of aryl methyl sites for hydroxylation is 3. The van der Waals surface area contributed by atoms with Gasteiger partial charge in [0, 0.05) is 18.0 Å². The highest BCUT2D eigenvalue weighted by Crippen LogP contribution is 2.18. The summed E-state index contributed by atoms with van der Waals surface area (Å²) in [5, 5.41) is 7.32. The van der Waals surface area contributed by atoms with Gasteiger partial charge in [0.25, 0.3) is 5.91 Å². The van der Waals surface area contributed by atoms with Gasteiger partial charge in [-0.15, -0.1) is 11.3 Å². The molecule has 5 nitrogen and oxygen atoms in total. The summed E-state index contributed by atoms with van der Waals surface area (Å²) in [6.45, 7) is 3.66. The number of carbonyl (C=O) groups is 1. The van der Waals surface area contributed by atoms with E-state index in [9.17, 15) is 4.79 Å². The lowest BCUT2D eigenvalue weighted by molar-refractivity contribution is 0.0952. The molecule has 2 aromatic rings. The van der Waals surface area contributed by atoms with Crippen LogP contribution in [0.4, 0.5) is 0 Å². The quantitative estimate of drug-likeness (QED) is 0.863. The molecule has 1 amide bonds. The molecule has 0 aromatic carbocycles. The van der Waals surface area contributed by atoms with Crippen LogP contribution < -0.4 is 5.32 Å². The van der Waals surface area contributed by atoms with Crippen LogP contribution in [0, 0.1) is 6.92 Å². The predicted octanol–water partition coefficient (Wildman–Crippen LogP) is 2.35. The van der Waals surface area contributed by atoms with Gasteiger partial charge in [-0.05, 0) is 39.0 Å². The zero-order valence-electron chi connectivity index (χ0n) is 12.3. The van der Waals surface area contributed by atoms with Crippen molar-refractivity contribution >= 4 is 17.2 Å². The lowest BCUT2D eigenvalue weighted by Crippen LogP contribution is -2.26. The Hall–Kier alpha value is -1.69. The number of amides is 1. The molecule has 0 atom stereocenters. The summed E-state index contributed by atoms with van der Waals surface area (Å²) in [5.74, 6) is 0.0131. The minimum absolute atomic E-state index is 0.0131. The predicted molar refractivity (Wildman–Crippen MR) is 82.7 cm³/mol. The second kappa shape index (κ2) is 6.39. The van der Waals surface area contributed by atoms with Crippen LogP contribution in [-0.4, -0.2) is 27.2 Å². The van der Waals surface area contributed by atoms with Gasteiger partial charge in [-0.1, -0.05) is 0 Å². The minimum atomic E-state index is 0.0131. The van der Waals surface area contributed by atoms with E-state index < -0.39 is 0 Å². The van der Waals surface area contributed by atoms with E-state index in [2.05, 4.69) is 15.4 Å². The van der Waals surface area contributed by atoms with Gasteiger partial charge in [-0.2, -0.15) is 5.10 Å². The van der Waals surface area contributed by atoms with Crippen molar-refractivity contribution in [1.29, 1.82) is 0 Å². The van der Waals surface area contributed by atoms with Crippen LogP contribution in [0.5, 0.6) is 0 Å². The maximum Gasteiger partial charge on any atom is 0.254 e. The average molecular weight is 304 g/mol. The molecule has 1 aliphatic rings. The Balaban J connectivity index is 1.50. The summed E-state index contributed by atoms with van der Waals surface area (Å²) >= 11 is 1.69. The van der Waals surface area contributed by atoms with E-state index in [0.717, 1.165) is 55.6 Å². The zero-order chi connectivity index (χ0) is 14.7.